The highest BCUT2D eigenvalue weighted by atomic mass is 16.3. The number of aromatic nitrogens is 2. The molecule has 2 N–H and O–H groups in total. The van der Waals surface area contributed by atoms with Gasteiger partial charge in [-0.25, -0.2) is 9.97 Å². The molecule has 20 heavy (non-hydrogen) atoms. The molecule has 0 unspecified atom stereocenters. The zero-order chi connectivity index (χ0) is 13.8. The molecule has 100 valence electrons. The Morgan fingerprint density at radius 3 is 2.45 bits per heavy atom. The van der Waals surface area contributed by atoms with E-state index in [0.717, 1.165) is 27.8 Å². The molecule has 0 spiro atoms. The summed E-state index contributed by atoms with van der Waals surface area (Å²) in [6.45, 7) is 0.761. The van der Waals surface area contributed by atoms with Gasteiger partial charge in [-0.2, -0.15) is 0 Å². The fourth-order valence-electron chi connectivity index (χ4n) is 2.09. The van der Waals surface area contributed by atoms with Crippen LogP contribution in [0.25, 0.3) is 10.9 Å². The molecule has 0 saturated carbocycles. The number of nitrogens with zero attached hydrogens (tertiary/aromatic N) is 2. The number of nitrogens with one attached hydrogen (secondary N) is 1. The van der Waals surface area contributed by atoms with E-state index >= 15 is 0 Å². The maximum Gasteiger partial charge on any atom is 0.137 e. The van der Waals surface area contributed by atoms with E-state index in [4.69, 9.17) is 5.11 Å². The van der Waals surface area contributed by atoms with E-state index in [1.807, 2.05) is 48.5 Å². The maximum absolute atomic E-state index is 9.02. The summed E-state index contributed by atoms with van der Waals surface area (Å²) in [4.78, 5) is 8.53. The number of aliphatic hydroxyl groups excluding tert-OH is 1. The highest BCUT2D eigenvalue weighted by Crippen LogP contribution is 2.19. The number of hydrogen-bond donors (Lipinski definition) is 2. The van der Waals surface area contributed by atoms with E-state index in [9.17, 15) is 0 Å². The van der Waals surface area contributed by atoms with Crippen LogP contribution < -0.4 is 5.32 Å². The van der Waals surface area contributed by atoms with E-state index < -0.39 is 0 Å². The number of aliphatic hydroxyl groups is 1. The van der Waals surface area contributed by atoms with Gasteiger partial charge in [-0.1, -0.05) is 36.4 Å². The summed E-state index contributed by atoms with van der Waals surface area (Å²) in [6.07, 6.45) is 1.57. The molecule has 0 aliphatic heterocycles. The molecule has 0 bridgehead atoms. The highest BCUT2D eigenvalue weighted by molar-refractivity contribution is 5.88. The van der Waals surface area contributed by atoms with Crippen LogP contribution in [-0.4, -0.2) is 15.1 Å². The summed E-state index contributed by atoms with van der Waals surface area (Å²) in [5.74, 6) is 0.835. The molecule has 3 rings (SSSR count). The van der Waals surface area contributed by atoms with Crippen LogP contribution in [0, 0.1) is 0 Å². The second kappa shape index (κ2) is 5.67. The normalized spacial score (nSPS) is 10.7. The highest BCUT2D eigenvalue weighted by Gasteiger charge is 2.02. The molecule has 4 nitrogen and oxygen atoms in total. The van der Waals surface area contributed by atoms with Gasteiger partial charge in [-0.3, -0.25) is 0 Å². The van der Waals surface area contributed by atoms with Gasteiger partial charge in [0.15, 0.2) is 0 Å². The molecule has 1 heterocycles. The Morgan fingerprint density at radius 1 is 0.900 bits per heavy atom. The van der Waals surface area contributed by atoms with Crippen LogP contribution in [0.3, 0.4) is 0 Å². The van der Waals surface area contributed by atoms with Crippen LogP contribution in [0.5, 0.6) is 0 Å². The van der Waals surface area contributed by atoms with Gasteiger partial charge in [0.2, 0.25) is 0 Å². The summed E-state index contributed by atoms with van der Waals surface area (Å²) >= 11 is 0. The first-order valence-electron chi connectivity index (χ1n) is 6.49. The maximum atomic E-state index is 9.02. The van der Waals surface area contributed by atoms with E-state index in [2.05, 4.69) is 15.3 Å². The van der Waals surface area contributed by atoms with Crippen molar-refractivity contribution in [3.8, 4) is 0 Å². The Labute approximate surface area is 117 Å². The Morgan fingerprint density at radius 2 is 1.65 bits per heavy atom. The number of fused-ring (bicyclic) bond motifs is 1. The molecule has 0 fully saturated rings. The minimum atomic E-state index is 0.0737. The van der Waals surface area contributed by atoms with Gasteiger partial charge in [0.25, 0.3) is 0 Å². The van der Waals surface area contributed by atoms with Crippen molar-refractivity contribution in [1.29, 1.82) is 0 Å². The van der Waals surface area contributed by atoms with Crippen molar-refractivity contribution in [1.82, 2.24) is 9.97 Å². The fourth-order valence-corrected chi connectivity index (χ4v) is 2.09. The van der Waals surface area contributed by atoms with Crippen molar-refractivity contribution in [2.24, 2.45) is 0 Å². The van der Waals surface area contributed by atoms with Gasteiger partial charge in [-0.15, -0.1) is 0 Å². The zero-order valence-corrected chi connectivity index (χ0v) is 11.0. The lowest BCUT2D eigenvalue weighted by Crippen LogP contribution is -2.02. The van der Waals surface area contributed by atoms with Crippen molar-refractivity contribution in [3.05, 3.63) is 66.0 Å². The van der Waals surface area contributed by atoms with E-state index in [1.54, 1.807) is 6.33 Å². The van der Waals surface area contributed by atoms with E-state index in [1.165, 1.54) is 0 Å². The van der Waals surface area contributed by atoms with Crippen molar-refractivity contribution in [2.45, 2.75) is 13.2 Å². The van der Waals surface area contributed by atoms with Gasteiger partial charge < -0.3 is 10.4 Å². The van der Waals surface area contributed by atoms with Gasteiger partial charge in [-0.05, 0) is 23.3 Å². The summed E-state index contributed by atoms with van der Waals surface area (Å²) in [6, 6.07) is 15.8. The predicted octanol–water partition coefficient (Wildman–Crippen LogP) is 2.73. The topological polar surface area (TPSA) is 58.0 Å². The molecule has 4 heteroatoms. The number of benzene rings is 2. The van der Waals surface area contributed by atoms with Crippen molar-refractivity contribution < 1.29 is 5.11 Å². The lowest BCUT2D eigenvalue weighted by Gasteiger charge is -2.08. The van der Waals surface area contributed by atoms with E-state index in [-0.39, 0.29) is 6.61 Å². The van der Waals surface area contributed by atoms with E-state index in [0.29, 0.717) is 6.54 Å². The predicted molar refractivity (Wildman–Crippen MR) is 79.2 cm³/mol. The average molecular weight is 265 g/mol. The quantitative estimate of drug-likeness (QED) is 0.761. The van der Waals surface area contributed by atoms with Crippen LogP contribution in [0.1, 0.15) is 11.1 Å². The number of hydrogen-bond acceptors (Lipinski definition) is 4. The lowest BCUT2D eigenvalue weighted by atomic mass is 10.1. The molecule has 0 aliphatic carbocycles. The largest absolute Gasteiger partial charge is 0.392 e. The number of rotatable bonds is 4. The molecule has 0 aliphatic rings. The third-order valence-corrected chi connectivity index (χ3v) is 3.21. The van der Waals surface area contributed by atoms with Crippen LogP contribution in [0.2, 0.25) is 0 Å². The molecule has 0 amide bonds. The summed E-state index contributed by atoms with van der Waals surface area (Å²) in [5, 5.41) is 13.4. The number of para-hydroxylation sites is 1. The van der Waals surface area contributed by atoms with Gasteiger partial charge in [0.05, 0.1) is 12.1 Å². The zero-order valence-electron chi connectivity index (χ0n) is 11.0. The smallest absolute Gasteiger partial charge is 0.137 e. The monoisotopic (exact) mass is 265 g/mol. The Hall–Kier alpha value is -2.46. The van der Waals surface area contributed by atoms with Crippen molar-refractivity contribution in [2.75, 3.05) is 5.32 Å². The molecule has 0 radical (unpaired) electrons. The lowest BCUT2D eigenvalue weighted by molar-refractivity contribution is 0.282. The number of anilines is 1. The molecule has 2 aromatic carbocycles. The standard InChI is InChI=1S/C16H15N3O/c20-10-13-7-5-12(6-8-13)9-17-16-14-3-1-2-4-15(14)18-11-19-16/h1-8,11,20H,9-10H2,(H,17,18,19). The second-order valence-corrected chi connectivity index (χ2v) is 4.57. The van der Waals surface area contributed by atoms with Gasteiger partial charge in [0, 0.05) is 11.9 Å². The third-order valence-electron chi connectivity index (χ3n) is 3.21. The molecular formula is C16H15N3O. The van der Waals surface area contributed by atoms with Crippen LogP contribution in [0.15, 0.2) is 54.9 Å². The summed E-state index contributed by atoms with van der Waals surface area (Å²) < 4.78 is 0. The minimum absolute atomic E-state index is 0.0737. The Kier molecular flexibility index (Phi) is 3.56. The Balaban J connectivity index is 1.79. The van der Waals surface area contributed by atoms with Crippen LogP contribution in [0.4, 0.5) is 5.82 Å². The van der Waals surface area contributed by atoms with Crippen molar-refractivity contribution >= 4 is 16.7 Å². The first-order chi connectivity index (χ1) is 9.86. The summed E-state index contributed by atoms with van der Waals surface area (Å²) in [7, 11) is 0. The average Bonchev–Trinajstić information content (AvgIpc) is 2.53. The molecule has 3 aromatic rings. The van der Waals surface area contributed by atoms with Crippen LogP contribution in [-0.2, 0) is 13.2 Å². The third kappa shape index (κ3) is 2.60. The first kappa shape index (κ1) is 12.6. The minimum Gasteiger partial charge on any atom is -0.392 e. The van der Waals surface area contributed by atoms with Gasteiger partial charge >= 0.3 is 0 Å². The summed E-state index contributed by atoms with van der Waals surface area (Å²) in [5.41, 5.74) is 2.99. The SMILES string of the molecule is OCc1ccc(CNc2ncnc3ccccc23)cc1. The van der Waals surface area contributed by atoms with Crippen LogP contribution >= 0.6 is 0 Å². The first-order valence-corrected chi connectivity index (χ1v) is 6.49. The second-order valence-electron chi connectivity index (χ2n) is 4.57. The van der Waals surface area contributed by atoms with Gasteiger partial charge in [0.1, 0.15) is 12.1 Å². The molecule has 1 aromatic heterocycles. The van der Waals surface area contributed by atoms with Crippen molar-refractivity contribution in [3.63, 3.8) is 0 Å². The molecule has 0 atom stereocenters. The fraction of sp³-hybridized carbons (Fsp3) is 0.125. The Bertz CT molecular complexity index is 705. The molecular weight excluding hydrogens is 250 g/mol. The molecule has 0 saturated heterocycles.